The highest BCUT2D eigenvalue weighted by molar-refractivity contribution is 6.03. The minimum atomic E-state index is -1.16. The first-order valence-corrected chi connectivity index (χ1v) is 12.2. The summed E-state index contributed by atoms with van der Waals surface area (Å²) in [4.78, 5) is 32.1. The van der Waals surface area contributed by atoms with Gasteiger partial charge in [0.25, 0.3) is 0 Å². The van der Waals surface area contributed by atoms with Crippen molar-refractivity contribution in [3.8, 4) is 11.6 Å². The lowest BCUT2D eigenvalue weighted by Crippen LogP contribution is -2.49. The van der Waals surface area contributed by atoms with Crippen LogP contribution in [0.25, 0.3) is 10.8 Å². The topological polar surface area (TPSA) is 98.2 Å². The van der Waals surface area contributed by atoms with Gasteiger partial charge in [-0.05, 0) is 48.6 Å². The van der Waals surface area contributed by atoms with Crippen LogP contribution in [0.1, 0.15) is 42.5 Å². The van der Waals surface area contributed by atoms with E-state index in [1.165, 1.54) is 6.07 Å². The van der Waals surface area contributed by atoms with Crippen molar-refractivity contribution in [2.75, 3.05) is 32.3 Å². The third-order valence-electron chi connectivity index (χ3n) is 6.58. The summed E-state index contributed by atoms with van der Waals surface area (Å²) in [5.74, 6) is -0.714. The zero-order valence-corrected chi connectivity index (χ0v) is 20.7. The van der Waals surface area contributed by atoms with Gasteiger partial charge in [-0.2, -0.15) is 0 Å². The Morgan fingerprint density at radius 1 is 1.03 bits per heavy atom. The van der Waals surface area contributed by atoms with Gasteiger partial charge in [-0.1, -0.05) is 37.5 Å². The number of pyridine rings is 1. The van der Waals surface area contributed by atoms with Gasteiger partial charge in [0, 0.05) is 31.7 Å². The summed E-state index contributed by atoms with van der Waals surface area (Å²) in [5, 5.41) is 11.9. The number of carboxylic acid groups (broad SMARTS) is 1. The van der Waals surface area contributed by atoms with Crippen LogP contribution in [0.15, 0.2) is 54.7 Å². The number of hydrogen-bond donors (Lipinski definition) is 1. The van der Waals surface area contributed by atoms with Gasteiger partial charge >= 0.3 is 5.97 Å². The van der Waals surface area contributed by atoms with E-state index in [9.17, 15) is 14.7 Å². The zero-order valence-electron chi connectivity index (χ0n) is 20.7. The molecular weight excluding hydrogens is 460 g/mol. The van der Waals surface area contributed by atoms with Crippen LogP contribution in [-0.2, 0) is 14.3 Å². The molecule has 0 saturated heterocycles. The number of carboxylic acids is 1. The van der Waals surface area contributed by atoms with Crippen LogP contribution in [0.5, 0.6) is 11.6 Å². The first kappa shape index (κ1) is 25.6. The Morgan fingerprint density at radius 2 is 1.75 bits per heavy atom. The SMILES string of the molecule is COCC(COC)N(C(=O)C1CCCCC1)c1ccc(Oc2nccc3ccccc23)cc1C(=O)O. The van der Waals surface area contributed by atoms with Crippen molar-refractivity contribution in [2.24, 2.45) is 5.92 Å². The molecule has 0 radical (unpaired) electrons. The maximum absolute atomic E-state index is 13.8. The molecule has 0 unspecified atom stereocenters. The number of benzene rings is 2. The van der Waals surface area contributed by atoms with Gasteiger partial charge in [0.15, 0.2) is 0 Å². The van der Waals surface area contributed by atoms with E-state index < -0.39 is 12.0 Å². The zero-order chi connectivity index (χ0) is 25.5. The van der Waals surface area contributed by atoms with Gasteiger partial charge in [-0.25, -0.2) is 9.78 Å². The Hall–Kier alpha value is -3.49. The Balaban J connectivity index is 1.74. The normalized spacial score (nSPS) is 14.2. The fourth-order valence-electron chi connectivity index (χ4n) is 4.87. The molecule has 1 fully saturated rings. The van der Waals surface area contributed by atoms with Crippen LogP contribution in [0.4, 0.5) is 5.69 Å². The van der Waals surface area contributed by atoms with E-state index in [1.54, 1.807) is 37.4 Å². The van der Waals surface area contributed by atoms with E-state index in [0.29, 0.717) is 17.3 Å². The van der Waals surface area contributed by atoms with Gasteiger partial charge < -0.3 is 24.2 Å². The van der Waals surface area contributed by atoms with Crippen molar-refractivity contribution >= 4 is 28.3 Å². The molecule has 1 heterocycles. The summed E-state index contributed by atoms with van der Waals surface area (Å²) in [6, 6.07) is 13.8. The summed E-state index contributed by atoms with van der Waals surface area (Å²) in [5.41, 5.74) is 0.268. The monoisotopic (exact) mass is 492 g/mol. The number of carbonyl (C=O) groups is 2. The molecule has 1 saturated carbocycles. The number of methoxy groups -OCH3 is 2. The smallest absolute Gasteiger partial charge is 0.337 e. The minimum absolute atomic E-state index is 0.0332. The van der Waals surface area contributed by atoms with Crippen LogP contribution >= 0.6 is 0 Å². The number of amides is 1. The van der Waals surface area contributed by atoms with Crippen molar-refractivity contribution in [1.29, 1.82) is 0 Å². The number of anilines is 1. The summed E-state index contributed by atoms with van der Waals surface area (Å²) in [6.45, 7) is 0.424. The van der Waals surface area contributed by atoms with Gasteiger partial charge in [0.2, 0.25) is 11.8 Å². The second kappa shape index (κ2) is 12.0. The van der Waals surface area contributed by atoms with Crippen molar-refractivity contribution in [3.05, 3.63) is 60.3 Å². The van der Waals surface area contributed by atoms with E-state index >= 15 is 0 Å². The molecule has 0 aliphatic heterocycles. The molecule has 0 spiro atoms. The molecule has 3 aromatic rings. The lowest BCUT2D eigenvalue weighted by molar-refractivity contribution is -0.124. The molecule has 1 aliphatic rings. The average Bonchev–Trinajstić information content (AvgIpc) is 2.90. The molecule has 1 N–H and O–H groups in total. The summed E-state index contributed by atoms with van der Waals surface area (Å²) < 4.78 is 16.8. The van der Waals surface area contributed by atoms with E-state index in [4.69, 9.17) is 14.2 Å². The quantitative estimate of drug-likeness (QED) is 0.410. The number of fused-ring (bicyclic) bond motifs is 1. The lowest BCUT2D eigenvalue weighted by Gasteiger charge is -2.35. The molecule has 190 valence electrons. The van der Waals surface area contributed by atoms with Crippen molar-refractivity contribution in [1.82, 2.24) is 4.98 Å². The maximum Gasteiger partial charge on any atom is 0.337 e. The summed E-state index contributed by atoms with van der Waals surface area (Å²) in [6.07, 6.45) is 6.31. The first-order valence-electron chi connectivity index (χ1n) is 12.2. The van der Waals surface area contributed by atoms with E-state index in [1.807, 2.05) is 30.3 Å². The Kier molecular flexibility index (Phi) is 8.51. The number of rotatable bonds is 10. The lowest BCUT2D eigenvalue weighted by atomic mass is 9.87. The number of ether oxygens (including phenoxy) is 3. The van der Waals surface area contributed by atoms with Gasteiger partial charge in [-0.3, -0.25) is 4.79 Å². The third kappa shape index (κ3) is 5.66. The second-order valence-electron chi connectivity index (χ2n) is 9.03. The van der Waals surface area contributed by atoms with Gasteiger partial charge in [0.05, 0.1) is 30.5 Å². The van der Waals surface area contributed by atoms with Crippen LogP contribution in [0.2, 0.25) is 0 Å². The Bertz CT molecular complexity index is 1200. The number of aromatic carboxylic acids is 1. The predicted octanol–water partition coefficient (Wildman–Crippen LogP) is 5.30. The number of carbonyl (C=O) groups excluding carboxylic acids is 1. The predicted molar refractivity (Wildman–Crippen MR) is 137 cm³/mol. The van der Waals surface area contributed by atoms with E-state index in [0.717, 1.165) is 42.9 Å². The van der Waals surface area contributed by atoms with Gasteiger partial charge in [0.1, 0.15) is 5.75 Å². The fourth-order valence-corrected chi connectivity index (χ4v) is 4.87. The standard InChI is InChI=1S/C28H32N2O6/c1-34-17-21(18-35-2)30(27(31)20-9-4-3-5-10-20)25-13-12-22(16-24(25)28(32)33)36-26-23-11-7-6-8-19(23)14-15-29-26/h6-8,11-16,20-21H,3-5,9-10,17-18H2,1-2H3,(H,32,33). The molecule has 1 aliphatic carbocycles. The highest BCUT2D eigenvalue weighted by Crippen LogP contribution is 2.34. The Morgan fingerprint density at radius 3 is 2.44 bits per heavy atom. The molecule has 8 nitrogen and oxygen atoms in total. The molecule has 1 amide bonds. The highest BCUT2D eigenvalue weighted by Gasteiger charge is 2.34. The second-order valence-corrected chi connectivity index (χ2v) is 9.03. The summed E-state index contributed by atoms with van der Waals surface area (Å²) >= 11 is 0. The largest absolute Gasteiger partial charge is 0.478 e. The van der Waals surface area contributed by atoms with Gasteiger partial charge in [-0.15, -0.1) is 0 Å². The highest BCUT2D eigenvalue weighted by atomic mass is 16.5. The molecule has 0 bridgehead atoms. The average molecular weight is 493 g/mol. The summed E-state index contributed by atoms with van der Waals surface area (Å²) in [7, 11) is 3.11. The number of aromatic nitrogens is 1. The molecule has 1 aromatic heterocycles. The molecule has 0 atom stereocenters. The maximum atomic E-state index is 13.8. The van der Waals surface area contributed by atoms with Crippen LogP contribution in [0.3, 0.4) is 0 Å². The minimum Gasteiger partial charge on any atom is -0.478 e. The Labute approximate surface area is 210 Å². The van der Waals surface area contributed by atoms with Crippen molar-refractivity contribution in [3.63, 3.8) is 0 Å². The molecule has 2 aromatic carbocycles. The molecule has 4 rings (SSSR count). The number of nitrogens with zero attached hydrogens (tertiary/aromatic N) is 2. The third-order valence-corrected chi connectivity index (χ3v) is 6.58. The fraction of sp³-hybridized carbons (Fsp3) is 0.393. The first-order chi connectivity index (χ1) is 17.5. The van der Waals surface area contributed by atoms with Crippen LogP contribution in [0, 0.1) is 5.92 Å². The number of hydrogen-bond acceptors (Lipinski definition) is 6. The van der Waals surface area contributed by atoms with Crippen LogP contribution < -0.4 is 9.64 Å². The van der Waals surface area contributed by atoms with E-state index in [2.05, 4.69) is 4.98 Å². The molecular formula is C28H32N2O6. The van der Waals surface area contributed by atoms with Crippen molar-refractivity contribution in [2.45, 2.75) is 38.1 Å². The molecule has 8 heteroatoms. The van der Waals surface area contributed by atoms with E-state index in [-0.39, 0.29) is 30.6 Å². The van der Waals surface area contributed by atoms with Crippen molar-refractivity contribution < 1.29 is 28.9 Å². The van der Waals surface area contributed by atoms with Crippen LogP contribution in [-0.4, -0.2) is 55.4 Å². The molecule has 36 heavy (non-hydrogen) atoms.